The fraction of sp³-hybridized carbons (Fsp3) is 0.529. The van der Waals surface area contributed by atoms with Crippen molar-refractivity contribution in [3.8, 4) is 5.75 Å². The second kappa shape index (κ2) is 5.36. The maximum absolute atomic E-state index is 15.1. The van der Waals surface area contributed by atoms with E-state index in [1.165, 1.54) is 7.11 Å². The van der Waals surface area contributed by atoms with Crippen LogP contribution in [0, 0.1) is 12.7 Å². The van der Waals surface area contributed by atoms with E-state index in [1.54, 1.807) is 11.5 Å². The van der Waals surface area contributed by atoms with Gasteiger partial charge in [-0.1, -0.05) is 0 Å². The summed E-state index contributed by atoms with van der Waals surface area (Å²) in [5, 5.41) is 0.207. The number of methoxy groups -OCH3 is 1. The van der Waals surface area contributed by atoms with Crippen LogP contribution in [0.25, 0.3) is 10.9 Å². The summed E-state index contributed by atoms with van der Waals surface area (Å²) >= 11 is 0. The van der Waals surface area contributed by atoms with Crippen molar-refractivity contribution in [1.29, 1.82) is 0 Å². The van der Waals surface area contributed by atoms with E-state index in [9.17, 15) is 9.59 Å². The molecule has 2 aromatic rings. The number of ether oxygens (including phenoxy) is 1. The van der Waals surface area contributed by atoms with Crippen LogP contribution in [0.15, 0.2) is 9.59 Å². The number of hydrogen-bond acceptors (Lipinski definition) is 4. The van der Waals surface area contributed by atoms with Gasteiger partial charge >= 0.3 is 5.69 Å². The molecule has 128 valence electrons. The first kappa shape index (κ1) is 15.2. The van der Waals surface area contributed by atoms with E-state index >= 15 is 4.39 Å². The summed E-state index contributed by atoms with van der Waals surface area (Å²) in [6, 6.07) is 0.0436. The Balaban J connectivity index is 2.18. The maximum Gasteiger partial charge on any atom is 0.329 e. The fourth-order valence-electron chi connectivity index (χ4n) is 3.72. The van der Waals surface area contributed by atoms with Gasteiger partial charge in [-0.2, -0.15) is 0 Å². The number of aromatic amines is 1. The molecular formula is C17H20FN3O3. The van der Waals surface area contributed by atoms with Crippen molar-refractivity contribution in [2.24, 2.45) is 0 Å². The zero-order valence-corrected chi connectivity index (χ0v) is 13.8. The molecule has 6 nitrogen and oxygen atoms in total. The zero-order valence-electron chi connectivity index (χ0n) is 13.8. The van der Waals surface area contributed by atoms with Crippen LogP contribution >= 0.6 is 0 Å². The molecule has 0 spiro atoms. The molecule has 0 radical (unpaired) electrons. The normalized spacial score (nSPS) is 17.7. The quantitative estimate of drug-likeness (QED) is 0.934. The van der Waals surface area contributed by atoms with Gasteiger partial charge in [0, 0.05) is 24.7 Å². The van der Waals surface area contributed by atoms with Gasteiger partial charge in [0.2, 0.25) is 0 Å². The van der Waals surface area contributed by atoms with E-state index in [-0.39, 0.29) is 17.0 Å². The molecule has 1 aliphatic carbocycles. The smallest absolute Gasteiger partial charge is 0.329 e. The third kappa shape index (κ3) is 2.07. The van der Waals surface area contributed by atoms with E-state index in [0.717, 1.165) is 38.8 Å². The van der Waals surface area contributed by atoms with Crippen LogP contribution in [-0.4, -0.2) is 29.8 Å². The van der Waals surface area contributed by atoms with E-state index in [2.05, 4.69) is 4.98 Å². The topological polar surface area (TPSA) is 67.3 Å². The molecule has 2 heterocycles. The average molecular weight is 333 g/mol. The van der Waals surface area contributed by atoms with E-state index in [4.69, 9.17) is 4.74 Å². The molecule has 1 saturated heterocycles. The third-order valence-corrected chi connectivity index (χ3v) is 5.02. The lowest BCUT2D eigenvalue weighted by Gasteiger charge is -2.25. The standard InChI is InChI=1S/C17H20FN3O3/c1-9-11-13(21(10-5-6-10)17(23)19-16(11)22)15(24-2)14(12(9)18)20-7-3-4-8-20/h10H,3-8H2,1-2H3,(H,19,22,23). The second-order valence-corrected chi connectivity index (χ2v) is 6.60. The van der Waals surface area contributed by atoms with Crippen molar-refractivity contribution in [3.05, 3.63) is 32.2 Å². The molecular weight excluding hydrogens is 313 g/mol. The summed E-state index contributed by atoms with van der Waals surface area (Å²) in [5.41, 5.74) is 0.0542. The largest absolute Gasteiger partial charge is 0.492 e. The highest BCUT2D eigenvalue weighted by Crippen LogP contribution is 2.44. The lowest BCUT2D eigenvalue weighted by atomic mass is 10.1. The van der Waals surface area contributed by atoms with Crippen molar-refractivity contribution in [2.45, 2.75) is 38.6 Å². The van der Waals surface area contributed by atoms with Crippen LogP contribution in [0.2, 0.25) is 0 Å². The lowest BCUT2D eigenvalue weighted by molar-refractivity contribution is 0.413. The number of rotatable bonds is 3. The molecule has 0 atom stereocenters. The minimum absolute atomic E-state index is 0.0436. The van der Waals surface area contributed by atoms with Gasteiger partial charge < -0.3 is 9.64 Å². The third-order valence-electron chi connectivity index (χ3n) is 5.02. The number of H-pyrrole nitrogens is 1. The molecule has 4 rings (SSSR count). The Morgan fingerprint density at radius 1 is 1.21 bits per heavy atom. The van der Waals surface area contributed by atoms with Crippen LogP contribution in [0.1, 0.15) is 37.3 Å². The summed E-state index contributed by atoms with van der Waals surface area (Å²) in [7, 11) is 1.46. The van der Waals surface area contributed by atoms with Gasteiger partial charge in [0.15, 0.2) is 11.6 Å². The van der Waals surface area contributed by atoms with Gasteiger partial charge in [0.05, 0.1) is 12.5 Å². The van der Waals surface area contributed by atoms with Crippen LogP contribution in [0.4, 0.5) is 10.1 Å². The first-order valence-electron chi connectivity index (χ1n) is 8.34. The number of halogens is 1. The first-order valence-corrected chi connectivity index (χ1v) is 8.34. The summed E-state index contributed by atoms with van der Waals surface area (Å²) in [4.78, 5) is 29.0. The zero-order chi connectivity index (χ0) is 17.0. The van der Waals surface area contributed by atoms with Crippen molar-refractivity contribution in [1.82, 2.24) is 9.55 Å². The molecule has 24 heavy (non-hydrogen) atoms. The minimum atomic E-state index is -0.561. The van der Waals surface area contributed by atoms with Crippen LogP contribution in [-0.2, 0) is 0 Å². The maximum atomic E-state index is 15.1. The summed E-state index contributed by atoms with van der Waals surface area (Å²) in [6.45, 7) is 3.08. The average Bonchev–Trinajstić information content (AvgIpc) is 3.23. The predicted molar refractivity (Wildman–Crippen MR) is 89.8 cm³/mol. The molecule has 2 aliphatic rings. The van der Waals surface area contributed by atoms with Gasteiger partial charge in [0.1, 0.15) is 11.2 Å². The molecule has 1 aromatic carbocycles. The molecule has 1 aromatic heterocycles. The Hall–Kier alpha value is -2.31. The summed E-state index contributed by atoms with van der Waals surface area (Å²) in [6.07, 6.45) is 3.73. The highest BCUT2D eigenvalue weighted by Gasteiger charge is 2.33. The highest BCUT2D eigenvalue weighted by atomic mass is 19.1. The summed E-state index contributed by atoms with van der Waals surface area (Å²) in [5.74, 6) is -0.141. The number of aryl methyl sites for hydroxylation is 1. The van der Waals surface area contributed by atoms with Crippen molar-refractivity contribution in [2.75, 3.05) is 25.1 Å². The number of anilines is 1. The predicted octanol–water partition coefficient (Wildman–Crippen LogP) is 2.08. The Bertz CT molecular complexity index is 937. The second-order valence-electron chi connectivity index (χ2n) is 6.60. The van der Waals surface area contributed by atoms with Gasteiger partial charge in [-0.25, -0.2) is 9.18 Å². The lowest BCUT2D eigenvalue weighted by Crippen LogP contribution is -2.31. The first-order chi connectivity index (χ1) is 11.5. The molecule has 0 bridgehead atoms. The Morgan fingerprint density at radius 3 is 2.46 bits per heavy atom. The Labute approximate surface area is 137 Å². The fourth-order valence-corrected chi connectivity index (χ4v) is 3.72. The number of hydrogen-bond donors (Lipinski definition) is 1. The van der Waals surface area contributed by atoms with Crippen LogP contribution in [0.3, 0.4) is 0 Å². The Morgan fingerprint density at radius 2 is 1.88 bits per heavy atom. The van der Waals surface area contributed by atoms with Gasteiger partial charge in [-0.15, -0.1) is 0 Å². The van der Waals surface area contributed by atoms with Crippen molar-refractivity contribution >= 4 is 16.6 Å². The number of nitrogens with zero attached hydrogens (tertiary/aromatic N) is 2. The van der Waals surface area contributed by atoms with E-state index < -0.39 is 17.1 Å². The monoisotopic (exact) mass is 333 g/mol. The van der Waals surface area contributed by atoms with Gasteiger partial charge in [-0.3, -0.25) is 14.3 Å². The van der Waals surface area contributed by atoms with E-state index in [0.29, 0.717) is 17.0 Å². The minimum Gasteiger partial charge on any atom is -0.492 e. The molecule has 2 fully saturated rings. The van der Waals surface area contributed by atoms with Gasteiger partial charge in [-0.05, 0) is 32.6 Å². The number of aromatic nitrogens is 2. The summed E-state index contributed by atoms with van der Waals surface area (Å²) < 4.78 is 22.2. The Kier molecular flexibility index (Phi) is 3.40. The molecule has 1 aliphatic heterocycles. The van der Waals surface area contributed by atoms with E-state index in [1.807, 2.05) is 4.90 Å². The number of fused-ring (bicyclic) bond motifs is 1. The van der Waals surface area contributed by atoms with Gasteiger partial charge in [0.25, 0.3) is 5.56 Å². The highest BCUT2D eigenvalue weighted by molar-refractivity contribution is 5.93. The number of nitrogens with one attached hydrogen (secondary N) is 1. The SMILES string of the molecule is COc1c(N2CCCC2)c(F)c(C)c2c(=O)[nH]c(=O)n(C3CC3)c12. The van der Waals surface area contributed by atoms with Crippen LogP contribution in [0.5, 0.6) is 5.75 Å². The van der Waals surface area contributed by atoms with Crippen molar-refractivity contribution in [3.63, 3.8) is 0 Å². The van der Waals surface area contributed by atoms with Crippen LogP contribution < -0.4 is 20.9 Å². The molecule has 1 N–H and O–H groups in total. The molecule has 7 heteroatoms. The number of benzene rings is 1. The molecule has 0 amide bonds. The molecule has 0 unspecified atom stereocenters. The molecule has 1 saturated carbocycles. The van der Waals surface area contributed by atoms with Crippen molar-refractivity contribution < 1.29 is 9.13 Å².